The molecule has 4 rings (SSSR count). The van der Waals surface area contributed by atoms with E-state index in [2.05, 4.69) is 14.9 Å². The number of nitrogens with one attached hydrogen (secondary N) is 1. The number of ether oxygens (including phenoxy) is 2. The number of hydrogen-bond donors (Lipinski definition) is 2. The van der Waals surface area contributed by atoms with Gasteiger partial charge in [-0.2, -0.15) is 0 Å². The van der Waals surface area contributed by atoms with Crippen molar-refractivity contribution >= 4 is 41.5 Å². The highest BCUT2D eigenvalue weighted by atomic mass is 35.5. The van der Waals surface area contributed by atoms with Crippen LogP contribution in [0.2, 0.25) is 5.02 Å². The molecule has 0 aliphatic rings. The molecule has 0 fully saturated rings. The molecule has 9 nitrogen and oxygen atoms in total. The van der Waals surface area contributed by atoms with Crippen LogP contribution in [0.3, 0.4) is 0 Å². The van der Waals surface area contributed by atoms with Crippen molar-refractivity contribution in [1.29, 1.82) is 0 Å². The predicted octanol–water partition coefficient (Wildman–Crippen LogP) is 5.96. The van der Waals surface area contributed by atoms with Crippen molar-refractivity contribution in [3.63, 3.8) is 0 Å². The van der Waals surface area contributed by atoms with Gasteiger partial charge in [-0.3, -0.25) is 9.29 Å². The zero-order valence-electron chi connectivity index (χ0n) is 20.0. The lowest BCUT2D eigenvalue weighted by Gasteiger charge is -2.18. The van der Waals surface area contributed by atoms with Crippen LogP contribution in [0.4, 0.5) is 5.95 Å². The number of aliphatic hydroxyl groups is 1. The standard InChI is InChI=1S/C24H25ClN4O5S2/c1-14-8-11-20(33-14)23-26-27-24(29(23)22-18(31-2)6-5-7-19(22)32-3)28-36-13-17(30)16-10-9-15(25)12-21(16)34-35-4/h5-12,17,30H,13H2,1-4H3,(H,27,28). The average Bonchev–Trinajstić information content (AvgIpc) is 3.49. The number of rotatable bonds is 11. The summed E-state index contributed by atoms with van der Waals surface area (Å²) in [7, 11) is 3.16. The third-order valence-electron chi connectivity index (χ3n) is 5.16. The van der Waals surface area contributed by atoms with E-state index in [0.717, 1.165) is 5.76 Å². The number of aliphatic hydroxyl groups excluding tert-OH is 1. The van der Waals surface area contributed by atoms with E-state index in [1.807, 2.05) is 37.3 Å². The second kappa shape index (κ2) is 11.8. The van der Waals surface area contributed by atoms with Gasteiger partial charge in [0.2, 0.25) is 11.8 Å². The fourth-order valence-corrected chi connectivity index (χ4v) is 4.72. The maximum atomic E-state index is 10.8. The minimum absolute atomic E-state index is 0.289. The van der Waals surface area contributed by atoms with E-state index in [1.165, 1.54) is 24.0 Å². The topological polar surface area (TPSA) is 104 Å². The molecular weight excluding hydrogens is 524 g/mol. The molecule has 0 saturated heterocycles. The lowest BCUT2D eigenvalue weighted by Crippen LogP contribution is -2.08. The number of halogens is 1. The Morgan fingerprint density at radius 1 is 1.08 bits per heavy atom. The van der Waals surface area contributed by atoms with E-state index >= 15 is 0 Å². The van der Waals surface area contributed by atoms with Crippen molar-refractivity contribution in [3.8, 4) is 34.5 Å². The third kappa shape index (κ3) is 5.54. The highest BCUT2D eigenvalue weighted by molar-refractivity contribution is 8.00. The molecule has 0 aliphatic heterocycles. The maximum absolute atomic E-state index is 10.8. The van der Waals surface area contributed by atoms with Gasteiger partial charge in [-0.1, -0.05) is 23.7 Å². The summed E-state index contributed by atoms with van der Waals surface area (Å²) in [5, 5.41) is 20.1. The summed E-state index contributed by atoms with van der Waals surface area (Å²) in [6.07, 6.45) is 0.969. The van der Waals surface area contributed by atoms with E-state index in [9.17, 15) is 5.11 Å². The largest absolute Gasteiger partial charge is 0.494 e. The number of furan rings is 1. The fourth-order valence-electron chi connectivity index (χ4n) is 3.55. The molecule has 1 unspecified atom stereocenters. The molecule has 0 bridgehead atoms. The Labute approximate surface area is 222 Å². The van der Waals surface area contributed by atoms with Gasteiger partial charge in [-0.25, -0.2) is 0 Å². The molecule has 36 heavy (non-hydrogen) atoms. The van der Waals surface area contributed by atoms with Crippen molar-refractivity contribution in [3.05, 3.63) is 64.9 Å². The van der Waals surface area contributed by atoms with Crippen molar-refractivity contribution in [2.24, 2.45) is 0 Å². The van der Waals surface area contributed by atoms with Gasteiger partial charge >= 0.3 is 0 Å². The Morgan fingerprint density at radius 3 is 2.47 bits per heavy atom. The third-order valence-corrected chi connectivity index (χ3v) is 6.55. The van der Waals surface area contributed by atoms with Crippen LogP contribution in [0, 0.1) is 6.92 Å². The SMILES string of the molecule is COc1cccc(OC)c1-n1c(NSCC(O)c2ccc(Cl)cc2OSC)nnc1-c1ccc(C)o1. The van der Waals surface area contributed by atoms with E-state index in [0.29, 0.717) is 51.1 Å². The summed E-state index contributed by atoms with van der Waals surface area (Å²) < 4.78 is 27.6. The molecular formula is C24H25ClN4O5S2. The molecule has 2 aromatic heterocycles. The molecule has 4 aromatic rings. The summed E-state index contributed by atoms with van der Waals surface area (Å²) in [6.45, 7) is 1.86. The van der Waals surface area contributed by atoms with Crippen molar-refractivity contribution < 1.29 is 23.2 Å². The number of anilines is 1. The first-order chi connectivity index (χ1) is 17.5. The molecule has 1 atom stereocenters. The molecule has 190 valence electrons. The molecule has 0 aliphatic carbocycles. The fraction of sp³-hybridized carbons (Fsp3) is 0.250. The van der Waals surface area contributed by atoms with Crippen LogP contribution in [0.5, 0.6) is 17.2 Å². The smallest absolute Gasteiger partial charge is 0.239 e. The van der Waals surface area contributed by atoms with E-state index in [4.69, 9.17) is 29.7 Å². The Kier molecular flexibility index (Phi) is 8.57. The molecule has 0 saturated carbocycles. The highest BCUT2D eigenvalue weighted by Crippen LogP contribution is 2.39. The van der Waals surface area contributed by atoms with Gasteiger partial charge in [0.05, 0.1) is 32.4 Å². The number of para-hydroxylation sites is 1. The Bertz CT molecular complexity index is 1310. The van der Waals surface area contributed by atoms with Crippen LogP contribution < -0.4 is 18.4 Å². The Balaban J connectivity index is 1.65. The molecule has 12 heteroatoms. The van der Waals surface area contributed by atoms with Gasteiger partial charge < -0.3 is 23.2 Å². The van der Waals surface area contributed by atoms with Crippen molar-refractivity contribution in [2.45, 2.75) is 13.0 Å². The number of aromatic nitrogens is 3. The van der Waals surface area contributed by atoms with E-state index < -0.39 is 6.10 Å². The second-order valence-corrected chi connectivity index (χ2v) is 9.23. The number of methoxy groups -OCH3 is 2. The zero-order chi connectivity index (χ0) is 25.7. The van der Waals surface area contributed by atoms with Gasteiger partial charge in [-0.05, 0) is 49.2 Å². The van der Waals surface area contributed by atoms with Crippen molar-refractivity contribution in [2.75, 3.05) is 31.0 Å². The van der Waals surface area contributed by atoms with Gasteiger partial charge in [-0.15, -0.1) is 10.2 Å². The lowest BCUT2D eigenvalue weighted by atomic mass is 10.1. The second-order valence-electron chi connectivity index (χ2n) is 7.47. The first-order valence-electron chi connectivity index (χ1n) is 10.8. The first-order valence-corrected chi connectivity index (χ1v) is 13.3. The van der Waals surface area contributed by atoms with Gasteiger partial charge in [0.1, 0.15) is 28.7 Å². The Hall–Kier alpha value is -2.99. The first kappa shape index (κ1) is 26.1. The van der Waals surface area contributed by atoms with Gasteiger partial charge in [0.15, 0.2) is 5.76 Å². The maximum Gasteiger partial charge on any atom is 0.239 e. The summed E-state index contributed by atoms with van der Waals surface area (Å²) in [4.78, 5) is 0. The van der Waals surface area contributed by atoms with Gasteiger partial charge in [0.25, 0.3) is 0 Å². The van der Waals surface area contributed by atoms with Gasteiger partial charge in [0, 0.05) is 28.7 Å². The predicted molar refractivity (Wildman–Crippen MR) is 144 cm³/mol. The molecule has 0 radical (unpaired) electrons. The molecule has 0 amide bonds. The minimum atomic E-state index is -0.828. The number of benzene rings is 2. The van der Waals surface area contributed by atoms with Crippen LogP contribution in [0.25, 0.3) is 17.3 Å². The number of aryl methyl sites for hydroxylation is 1. The normalized spacial score (nSPS) is 11.8. The highest BCUT2D eigenvalue weighted by Gasteiger charge is 2.24. The zero-order valence-corrected chi connectivity index (χ0v) is 22.4. The summed E-state index contributed by atoms with van der Waals surface area (Å²) in [5.74, 6) is 4.06. The summed E-state index contributed by atoms with van der Waals surface area (Å²) >= 11 is 8.52. The number of nitrogens with zero attached hydrogens (tertiary/aromatic N) is 3. The molecule has 0 spiro atoms. The summed E-state index contributed by atoms with van der Waals surface area (Å²) in [5.41, 5.74) is 1.23. The molecule has 2 N–H and O–H groups in total. The number of hydrogen-bond acceptors (Lipinski definition) is 10. The quantitative estimate of drug-likeness (QED) is 0.172. The lowest BCUT2D eigenvalue weighted by molar-refractivity contribution is 0.202. The monoisotopic (exact) mass is 548 g/mol. The van der Waals surface area contributed by atoms with Crippen LogP contribution in [0.1, 0.15) is 17.4 Å². The van der Waals surface area contributed by atoms with Crippen molar-refractivity contribution in [1.82, 2.24) is 14.8 Å². The Morgan fingerprint density at radius 2 is 1.83 bits per heavy atom. The summed E-state index contributed by atoms with van der Waals surface area (Å²) in [6, 6.07) is 14.3. The van der Waals surface area contributed by atoms with E-state index in [-0.39, 0.29) is 5.75 Å². The average molecular weight is 549 g/mol. The molecule has 2 heterocycles. The minimum Gasteiger partial charge on any atom is -0.494 e. The van der Waals surface area contributed by atoms with Crippen LogP contribution in [-0.2, 0) is 0 Å². The van der Waals surface area contributed by atoms with Crippen LogP contribution >= 0.6 is 35.6 Å². The van der Waals surface area contributed by atoms with Crippen LogP contribution in [0.15, 0.2) is 52.9 Å². The molecule has 2 aromatic carbocycles. The van der Waals surface area contributed by atoms with E-state index in [1.54, 1.807) is 43.2 Å². The van der Waals surface area contributed by atoms with Crippen LogP contribution in [-0.4, -0.2) is 46.1 Å².